The lowest BCUT2D eigenvalue weighted by Crippen LogP contribution is -2.31. The molecule has 1 fully saturated rings. The van der Waals surface area contributed by atoms with Gasteiger partial charge in [-0.2, -0.15) is 0 Å². The molecule has 0 aromatic carbocycles. The molecule has 2 aliphatic rings. The summed E-state index contributed by atoms with van der Waals surface area (Å²) < 4.78 is 0. The molecule has 0 bridgehead atoms. The molecule has 2 rings (SSSR count). The van der Waals surface area contributed by atoms with Crippen LogP contribution in [0.15, 0.2) is 36.6 Å². The van der Waals surface area contributed by atoms with Gasteiger partial charge in [0.05, 0.1) is 0 Å². The number of rotatable bonds is 0. The molecule has 1 N–H and O–H groups in total. The largest absolute Gasteiger partial charge is 0.390 e. The maximum atomic E-state index is 4.19. The van der Waals surface area contributed by atoms with Gasteiger partial charge >= 0.3 is 0 Å². The second-order valence-electron chi connectivity index (χ2n) is 4.11. The molecule has 84 valence electrons. The molecule has 1 aliphatic carbocycles. The van der Waals surface area contributed by atoms with Crippen LogP contribution in [-0.4, -0.2) is 6.54 Å². The van der Waals surface area contributed by atoms with E-state index in [1.807, 2.05) is 26.1 Å². The average molecular weight is 205 g/mol. The highest BCUT2D eigenvalue weighted by molar-refractivity contribution is 5.29. The molecule has 0 aromatic rings. The smallest absolute Gasteiger partial charge is 0.0238 e. The second-order valence-corrected chi connectivity index (χ2v) is 4.11. The van der Waals surface area contributed by atoms with Crippen molar-refractivity contribution in [3.63, 3.8) is 0 Å². The minimum atomic E-state index is 0.362. The van der Waals surface area contributed by atoms with Crippen molar-refractivity contribution in [2.75, 3.05) is 6.54 Å². The molecule has 1 saturated carbocycles. The zero-order chi connectivity index (χ0) is 11.1. The molecule has 0 radical (unpaired) electrons. The molecule has 1 heteroatoms. The average Bonchev–Trinajstić information content (AvgIpc) is 2.74. The first kappa shape index (κ1) is 12.1. The Balaban J connectivity index is 0.000000531. The molecule has 0 amide bonds. The molecule has 0 unspecified atom stereocenters. The van der Waals surface area contributed by atoms with Gasteiger partial charge in [0.15, 0.2) is 0 Å². The topological polar surface area (TPSA) is 12.0 Å². The zero-order valence-electron chi connectivity index (χ0n) is 10.1. The maximum absolute atomic E-state index is 4.19. The third-order valence-electron chi connectivity index (χ3n) is 3.30. The molecule has 1 aliphatic heterocycles. The van der Waals surface area contributed by atoms with Crippen molar-refractivity contribution >= 4 is 0 Å². The van der Waals surface area contributed by atoms with Crippen molar-refractivity contribution in [2.24, 2.45) is 5.41 Å². The Labute approximate surface area is 94.0 Å². The first-order valence-electron chi connectivity index (χ1n) is 6.10. The summed E-state index contributed by atoms with van der Waals surface area (Å²) in [5.74, 6) is 0. The van der Waals surface area contributed by atoms with Gasteiger partial charge in [-0.1, -0.05) is 45.4 Å². The fourth-order valence-corrected chi connectivity index (χ4v) is 2.39. The minimum absolute atomic E-state index is 0.362. The first-order chi connectivity index (χ1) is 7.33. The van der Waals surface area contributed by atoms with E-state index in [2.05, 4.69) is 24.0 Å². The molecule has 15 heavy (non-hydrogen) atoms. The fourth-order valence-electron chi connectivity index (χ4n) is 2.39. The van der Waals surface area contributed by atoms with Gasteiger partial charge in [-0.15, -0.1) is 0 Å². The lowest BCUT2D eigenvalue weighted by molar-refractivity contribution is 0.368. The van der Waals surface area contributed by atoms with Gasteiger partial charge in [-0.25, -0.2) is 0 Å². The Morgan fingerprint density at radius 2 is 1.87 bits per heavy atom. The standard InChI is InChI=1S/C12H17N.C2H6/c1-11-6-2-5-9-13-10-12(11)7-3-4-8-12;1-2/h2,5-6,9,13H,1,3-4,7-8,10H2;1-2H3/b6-2-,9-5-;. The molecular formula is C14H23N. The van der Waals surface area contributed by atoms with Crippen LogP contribution in [0.25, 0.3) is 0 Å². The van der Waals surface area contributed by atoms with E-state index >= 15 is 0 Å². The highest BCUT2D eigenvalue weighted by atomic mass is 14.9. The summed E-state index contributed by atoms with van der Waals surface area (Å²) in [6.07, 6.45) is 13.6. The van der Waals surface area contributed by atoms with Gasteiger partial charge in [0.1, 0.15) is 0 Å². The van der Waals surface area contributed by atoms with Crippen LogP contribution in [0.4, 0.5) is 0 Å². The number of nitrogens with one attached hydrogen (secondary N) is 1. The summed E-state index contributed by atoms with van der Waals surface area (Å²) in [5.41, 5.74) is 1.67. The summed E-state index contributed by atoms with van der Waals surface area (Å²) >= 11 is 0. The summed E-state index contributed by atoms with van der Waals surface area (Å²) in [4.78, 5) is 0. The molecule has 0 aromatic heterocycles. The van der Waals surface area contributed by atoms with Crippen LogP contribution in [-0.2, 0) is 0 Å². The van der Waals surface area contributed by atoms with E-state index in [-0.39, 0.29) is 0 Å². The summed E-state index contributed by atoms with van der Waals surface area (Å²) in [6, 6.07) is 0. The first-order valence-corrected chi connectivity index (χ1v) is 6.10. The maximum Gasteiger partial charge on any atom is 0.0238 e. The molecule has 0 saturated heterocycles. The van der Waals surface area contributed by atoms with Gasteiger partial charge in [0.2, 0.25) is 0 Å². The molecule has 1 nitrogen and oxygen atoms in total. The van der Waals surface area contributed by atoms with Gasteiger partial charge in [-0.05, 0) is 30.7 Å². The Morgan fingerprint density at radius 1 is 1.20 bits per heavy atom. The van der Waals surface area contributed by atoms with Crippen molar-refractivity contribution in [3.05, 3.63) is 36.6 Å². The van der Waals surface area contributed by atoms with Crippen LogP contribution in [0.3, 0.4) is 0 Å². The molecule has 0 atom stereocenters. The van der Waals surface area contributed by atoms with Crippen molar-refractivity contribution in [2.45, 2.75) is 39.5 Å². The van der Waals surface area contributed by atoms with Gasteiger partial charge in [-0.3, -0.25) is 0 Å². The van der Waals surface area contributed by atoms with Crippen molar-refractivity contribution < 1.29 is 0 Å². The van der Waals surface area contributed by atoms with E-state index in [1.54, 1.807) is 0 Å². The second kappa shape index (κ2) is 5.79. The van der Waals surface area contributed by atoms with E-state index in [4.69, 9.17) is 0 Å². The van der Waals surface area contributed by atoms with Crippen LogP contribution in [0.2, 0.25) is 0 Å². The van der Waals surface area contributed by atoms with Crippen LogP contribution in [0.1, 0.15) is 39.5 Å². The SMILES string of the molecule is C=C1/C=C\C=C/NCC12CCCC2.CC. The van der Waals surface area contributed by atoms with Crippen molar-refractivity contribution in [1.82, 2.24) is 5.32 Å². The van der Waals surface area contributed by atoms with Crippen LogP contribution in [0.5, 0.6) is 0 Å². The fraction of sp³-hybridized carbons (Fsp3) is 0.571. The Bertz CT molecular complexity index is 255. The summed E-state index contributed by atoms with van der Waals surface area (Å²) in [5, 5.41) is 3.36. The zero-order valence-corrected chi connectivity index (χ0v) is 10.1. The third kappa shape index (κ3) is 2.74. The van der Waals surface area contributed by atoms with Gasteiger partial charge < -0.3 is 5.32 Å². The van der Waals surface area contributed by atoms with E-state index < -0.39 is 0 Å². The summed E-state index contributed by atoms with van der Waals surface area (Å²) in [7, 11) is 0. The molecule has 1 heterocycles. The Kier molecular flexibility index (Phi) is 4.67. The Morgan fingerprint density at radius 3 is 2.53 bits per heavy atom. The van der Waals surface area contributed by atoms with E-state index in [1.165, 1.54) is 31.3 Å². The Hall–Kier alpha value is -0.980. The van der Waals surface area contributed by atoms with Crippen molar-refractivity contribution in [1.29, 1.82) is 0 Å². The van der Waals surface area contributed by atoms with Crippen molar-refractivity contribution in [3.8, 4) is 0 Å². The highest BCUT2D eigenvalue weighted by Gasteiger charge is 2.35. The van der Waals surface area contributed by atoms with Crippen LogP contribution >= 0.6 is 0 Å². The highest BCUT2D eigenvalue weighted by Crippen LogP contribution is 2.43. The van der Waals surface area contributed by atoms with E-state index in [0.29, 0.717) is 5.41 Å². The lowest BCUT2D eigenvalue weighted by atomic mass is 9.78. The monoisotopic (exact) mass is 205 g/mol. The van der Waals surface area contributed by atoms with E-state index in [0.717, 1.165) is 6.54 Å². The van der Waals surface area contributed by atoms with E-state index in [9.17, 15) is 0 Å². The number of hydrogen-bond acceptors (Lipinski definition) is 1. The minimum Gasteiger partial charge on any atom is -0.390 e. The lowest BCUT2D eigenvalue weighted by Gasteiger charge is -2.30. The molecule has 1 spiro atoms. The third-order valence-corrected chi connectivity index (χ3v) is 3.30. The predicted octanol–water partition coefficient (Wildman–Crippen LogP) is 3.80. The van der Waals surface area contributed by atoms with Gasteiger partial charge in [0.25, 0.3) is 0 Å². The van der Waals surface area contributed by atoms with Crippen LogP contribution in [0, 0.1) is 5.41 Å². The van der Waals surface area contributed by atoms with Gasteiger partial charge in [0, 0.05) is 12.0 Å². The number of hydrogen-bond donors (Lipinski definition) is 1. The number of allylic oxidation sites excluding steroid dienone is 3. The predicted molar refractivity (Wildman–Crippen MR) is 67.7 cm³/mol. The molecular weight excluding hydrogens is 182 g/mol. The van der Waals surface area contributed by atoms with Crippen LogP contribution < -0.4 is 5.32 Å². The summed E-state index contributed by atoms with van der Waals surface area (Å²) in [6.45, 7) is 9.25. The normalized spacial score (nSPS) is 26.9. The quantitative estimate of drug-likeness (QED) is 0.634.